The second-order valence-corrected chi connectivity index (χ2v) is 7.38. The SMILES string of the molecule is CCC(=O)NCc1csc(C2CCCN(C(=O)c3c(F)cccc3F)C2)n1. The number of nitrogens with zero attached hydrogens (tertiary/aromatic N) is 2. The molecule has 1 fully saturated rings. The normalized spacial score (nSPS) is 17.0. The third-order valence-corrected chi connectivity index (χ3v) is 5.65. The standard InChI is InChI=1S/C19H21F2N3O2S/c1-2-16(25)22-9-13-11-27-18(23-13)12-5-4-8-24(10-12)19(26)17-14(20)6-3-7-15(17)21/h3,6-7,11-12H,2,4-5,8-10H2,1H3,(H,22,25). The van der Waals surface area contributed by atoms with Gasteiger partial charge in [-0.25, -0.2) is 13.8 Å². The van der Waals surface area contributed by atoms with Crippen LogP contribution in [-0.4, -0.2) is 34.8 Å². The highest BCUT2D eigenvalue weighted by atomic mass is 32.1. The first-order valence-electron chi connectivity index (χ1n) is 8.93. The number of nitrogens with one attached hydrogen (secondary N) is 1. The number of hydrogen-bond acceptors (Lipinski definition) is 4. The van der Waals surface area contributed by atoms with E-state index in [2.05, 4.69) is 10.3 Å². The van der Waals surface area contributed by atoms with Gasteiger partial charge in [-0.05, 0) is 25.0 Å². The number of carbonyl (C=O) groups excluding carboxylic acids is 2. The quantitative estimate of drug-likeness (QED) is 0.846. The van der Waals surface area contributed by atoms with E-state index >= 15 is 0 Å². The van der Waals surface area contributed by atoms with Crippen LogP contribution in [0.25, 0.3) is 0 Å². The minimum absolute atomic E-state index is 0.0261. The van der Waals surface area contributed by atoms with Crippen molar-refractivity contribution in [2.24, 2.45) is 0 Å². The number of rotatable bonds is 5. The molecular formula is C19H21F2N3O2S. The Labute approximate surface area is 160 Å². The summed E-state index contributed by atoms with van der Waals surface area (Å²) in [5.41, 5.74) is 0.278. The summed E-state index contributed by atoms with van der Waals surface area (Å²) in [6.45, 7) is 3.00. The molecule has 1 N–H and O–H groups in total. The van der Waals surface area contributed by atoms with Crippen LogP contribution in [-0.2, 0) is 11.3 Å². The van der Waals surface area contributed by atoms with Crippen LogP contribution in [0, 0.1) is 11.6 Å². The summed E-state index contributed by atoms with van der Waals surface area (Å²) in [4.78, 5) is 30.0. The van der Waals surface area contributed by atoms with Crippen molar-refractivity contribution in [1.29, 1.82) is 0 Å². The van der Waals surface area contributed by atoms with Crippen molar-refractivity contribution in [2.75, 3.05) is 13.1 Å². The monoisotopic (exact) mass is 393 g/mol. The summed E-state index contributed by atoms with van der Waals surface area (Å²) in [5, 5.41) is 5.55. The summed E-state index contributed by atoms with van der Waals surface area (Å²) < 4.78 is 27.9. The molecule has 27 heavy (non-hydrogen) atoms. The van der Waals surface area contributed by atoms with E-state index in [4.69, 9.17) is 0 Å². The molecule has 0 spiro atoms. The van der Waals surface area contributed by atoms with Gasteiger partial charge in [0.1, 0.15) is 17.2 Å². The fourth-order valence-electron chi connectivity index (χ4n) is 3.13. The van der Waals surface area contributed by atoms with Crippen molar-refractivity contribution >= 4 is 23.2 Å². The zero-order valence-corrected chi connectivity index (χ0v) is 15.8. The molecule has 144 valence electrons. The molecule has 5 nitrogen and oxygen atoms in total. The largest absolute Gasteiger partial charge is 0.350 e. The molecule has 1 aromatic heterocycles. The molecular weight excluding hydrogens is 372 g/mol. The van der Waals surface area contributed by atoms with E-state index < -0.39 is 23.1 Å². The molecule has 1 saturated heterocycles. The van der Waals surface area contributed by atoms with Crippen molar-refractivity contribution < 1.29 is 18.4 Å². The Morgan fingerprint density at radius 1 is 1.33 bits per heavy atom. The average Bonchev–Trinajstić information content (AvgIpc) is 3.15. The summed E-state index contributed by atoms with van der Waals surface area (Å²) in [6.07, 6.45) is 2.02. The number of halogens is 2. The minimum atomic E-state index is -0.842. The zero-order chi connectivity index (χ0) is 19.4. The van der Waals surface area contributed by atoms with Crippen LogP contribution < -0.4 is 5.32 Å². The van der Waals surface area contributed by atoms with Crippen LogP contribution in [0.4, 0.5) is 8.78 Å². The Morgan fingerprint density at radius 3 is 2.78 bits per heavy atom. The number of carbonyl (C=O) groups is 2. The predicted octanol–water partition coefficient (Wildman–Crippen LogP) is 3.47. The molecule has 3 rings (SSSR count). The van der Waals surface area contributed by atoms with Crippen molar-refractivity contribution in [1.82, 2.24) is 15.2 Å². The van der Waals surface area contributed by atoms with Crippen LogP contribution in [0.2, 0.25) is 0 Å². The number of piperidine rings is 1. The van der Waals surface area contributed by atoms with E-state index in [0.717, 1.165) is 35.7 Å². The summed E-state index contributed by atoms with van der Waals surface area (Å²) >= 11 is 1.48. The van der Waals surface area contributed by atoms with E-state index in [1.165, 1.54) is 22.3 Å². The summed E-state index contributed by atoms with van der Waals surface area (Å²) in [7, 11) is 0. The van der Waals surface area contributed by atoms with E-state index in [0.29, 0.717) is 26.1 Å². The topological polar surface area (TPSA) is 62.3 Å². The van der Waals surface area contributed by atoms with Gasteiger partial charge in [-0.3, -0.25) is 9.59 Å². The molecule has 2 aromatic rings. The zero-order valence-electron chi connectivity index (χ0n) is 15.0. The third-order valence-electron chi connectivity index (χ3n) is 4.59. The highest BCUT2D eigenvalue weighted by molar-refractivity contribution is 7.09. The first-order chi connectivity index (χ1) is 13.0. The summed E-state index contributed by atoms with van der Waals surface area (Å²) in [5.74, 6) is -2.32. The lowest BCUT2D eigenvalue weighted by Crippen LogP contribution is -2.39. The van der Waals surface area contributed by atoms with Gasteiger partial charge in [-0.15, -0.1) is 11.3 Å². The Kier molecular flexibility index (Phi) is 6.15. The Hall–Kier alpha value is -2.35. The maximum Gasteiger partial charge on any atom is 0.259 e. The fourth-order valence-corrected chi connectivity index (χ4v) is 4.08. The van der Waals surface area contributed by atoms with Crippen molar-refractivity contribution in [3.05, 3.63) is 51.5 Å². The molecule has 0 bridgehead atoms. The van der Waals surface area contributed by atoms with E-state index in [1.807, 2.05) is 5.38 Å². The number of aromatic nitrogens is 1. The summed E-state index contributed by atoms with van der Waals surface area (Å²) in [6, 6.07) is 3.43. The molecule has 2 heterocycles. The van der Waals surface area contributed by atoms with Crippen LogP contribution in [0.5, 0.6) is 0 Å². The van der Waals surface area contributed by atoms with Gasteiger partial charge in [0.05, 0.1) is 17.2 Å². The van der Waals surface area contributed by atoms with E-state index in [1.54, 1.807) is 6.92 Å². The maximum atomic E-state index is 13.9. The molecule has 1 unspecified atom stereocenters. The van der Waals surface area contributed by atoms with Gasteiger partial charge in [-0.1, -0.05) is 13.0 Å². The predicted molar refractivity (Wildman–Crippen MR) is 98.5 cm³/mol. The minimum Gasteiger partial charge on any atom is -0.350 e. The van der Waals surface area contributed by atoms with E-state index in [9.17, 15) is 18.4 Å². The van der Waals surface area contributed by atoms with Crippen LogP contribution in [0.1, 0.15) is 53.2 Å². The molecule has 1 aromatic carbocycles. The maximum absolute atomic E-state index is 13.9. The van der Waals surface area contributed by atoms with Gasteiger partial charge in [0.2, 0.25) is 5.91 Å². The number of amides is 2. The first kappa shape index (κ1) is 19.4. The number of hydrogen-bond donors (Lipinski definition) is 1. The first-order valence-corrected chi connectivity index (χ1v) is 9.81. The lowest BCUT2D eigenvalue weighted by atomic mass is 9.98. The molecule has 1 aliphatic rings. The van der Waals surface area contributed by atoms with Crippen LogP contribution in [0.15, 0.2) is 23.6 Å². The molecule has 0 radical (unpaired) electrons. The Balaban J connectivity index is 1.68. The highest BCUT2D eigenvalue weighted by Crippen LogP contribution is 2.30. The van der Waals surface area contributed by atoms with Gasteiger partial charge in [0.15, 0.2) is 0 Å². The molecule has 2 amide bonds. The number of benzene rings is 1. The van der Waals surface area contributed by atoms with Crippen LogP contribution >= 0.6 is 11.3 Å². The van der Waals surface area contributed by atoms with Gasteiger partial charge in [0.25, 0.3) is 5.91 Å². The molecule has 1 aliphatic heterocycles. The van der Waals surface area contributed by atoms with Gasteiger partial charge < -0.3 is 10.2 Å². The second-order valence-electron chi connectivity index (χ2n) is 6.49. The molecule has 8 heteroatoms. The van der Waals surface area contributed by atoms with Crippen molar-refractivity contribution in [3.63, 3.8) is 0 Å². The van der Waals surface area contributed by atoms with Gasteiger partial charge in [0, 0.05) is 30.8 Å². The smallest absolute Gasteiger partial charge is 0.259 e. The number of thiazole rings is 1. The van der Waals surface area contributed by atoms with Crippen LogP contribution in [0.3, 0.4) is 0 Å². The second kappa shape index (κ2) is 8.56. The Bertz CT molecular complexity index is 820. The highest BCUT2D eigenvalue weighted by Gasteiger charge is 2.30. The van der Waals surface area contributed by atoms with E-state index in [-0.39, 0.29) is 11.8 Å². The average molecular weight is 393 g/mol. The molecule has 0 saturated carbocycles. The van der Waals surface area contributed by atoms with Crippen molar-refractivity contribution in [2.45, 2.75) is 38.6 Å². The lowest BCUT2D eigenvalue weighted by molar-refractivity contribution is -0.120. The molecule has 0 aliphatic carbocycles. The fraction of sp³-hybridized carbons (Fsp3) is 0.421. The lowest BCUT2D eigenvalue weighted by Gasteiger charge is -2.32. The third kappa shape index (κ3) is 4.50. The van der Waals surface area contributed by atoms with Gasteiger partial charge in [-0.2, -0.15) is 0 Å². The van der Waals surface area contributed by atoms with Gasteiger partial charge >= 0.3 is 0 Å². The Morgan fingerprint density at radius 2 is 2.07 bits per heavy atom. The van der Waals surface area contributed by atoms with Crippen molar-refractivity contribution in [3.8, 4) is 0 Å². The number of likely N-dealkylation sites (tertiary alicyclic amines) is 1. The molecule has 1 atom stereocenters.